The molecule has 0 spiro atoms. The highest BCUT2D eigenvalue weighted by atomic mass is 35.5. The van der Waals surface area contributed by atoms with Crippen molar-refractivity contribution in [3.63, 3.8) is 0 Å². The van der Waals surface area contributed by atoms with Crippen LogP contribution in [0.1, 0.15) is 0 Å². The molecule has 0 saturated carbocycles. The van der Waals surface area contributed by atoms with E-state index in [0.717, 1.165) is 16.7 Å². The van der Waals surface area contributed by atoms with Gasteiger partial charge in [-0.3, -0.25) is 4.57 Å². The van der Waals surface area contributed by atoms with E-state index < -0.39 is 0 Å². The molecule has 6 heteroatoms. The molecule has 0 aliphatic rings. The van der Waals surface area contributed by atoms with Crippen molar-refractivity contribution in [2.75, 3.05) is 7.11 Å². The Morgan fingerprint density at radius 2 is 1.80 bits per heavy atom. The van der Waals surface area contributed by atoms with Crippen LogP contribution in [0.15, 0.2) is 36.4 Å². The fraction of sp³-hybridized carbons (Fsp3) is 0.0714. The monoisotopic (exact) mass is 324 g/mol. The molecule has 20 heavy (non-hydrogen) atoms. The van der Waals surface area contributed by atoms with Gasteiger partial charge in [-0.15, -0.1) is 0 Å². The minimum Gasteiger partial charge on any atom is -0.495 e. The molecule has 0 unspecified atom stereocenters. The Hall–Kier alpha value is -1.49. The third-order valence-electron chi connectivity index (χ3n) is 3.03. The quantitative estimate of drug-likeness (QED) is 0.672. The van der Waals surface area contributed by atoms with Gasteiger partial charge in [-0.05, 0) is 48.6 Å². The van der Waals surface area contributed by atoms with Crippen LogP contribution in [0.5, 0.6) is 5.75 Å². The molecule has 1 aromatic heterocycles. The Morgan fingerprint density at radius 1 is 1.10 bits per heavy atom. The fourth-order valence-corrected chi connectivity index (χ4v) is 2.81. The van der Waals surface area contributed by atoms with E-state index in [4.69, 9.17) is 40.2 Å². The molecule has 0 saturated heterocycles. The van der Waals surface area contributed by atoms with E-state index in [1.807, 2.05) is 34.9 Å². The molecule has 3 rings (SSSR count). The van der Waals surface area contributed by atoms with E-state index >= 15 is 0 Å². The number of nitrogens with one attached hydrogen (secondary N) is 1. The molecule has 0 aliphatic carbocycles. The summed E-state index contributed by atoms with van der Waals surface area (Å²) in [6.45, 7) is 0. The normalized spacial score (nSPS) is 10.9. The van der Waals surface area contributed by atoms with Crippen molar-refractivity contribution in [3.05, 3.63) is 51.2 Å². The number of H-pyrrole nitrogens is 1. The first-order chi connectivity index (χ1) is 9.60. The minimum atomic E-state index is 0.558. The first-order valence-corrected chi connectivity index (χ1v) is 7.01. The molecule has 0 bridgehead atoms. The predicted molar refractivity (Wildman–Crippen MR) is 85.0 cm³/mol. The van der Waals surface area contributed by atoms with Crippen LogP contribution in [-0.4, -0.2) is 16.7 Å². The van der Waals surface area contributed by atoms with Crippen molar-refractivity contribution >= 4 is 46.5 Å². The van der Waals surface area contributed by atoms with Crippen LogP contribution >= 0.6 is 35.4 Å². The van der Waals surface area contributed by atoms with Crippen LogP contribution < -0.4 is 4.74 Å². The molecule has 0 fully saturated rings. The molecule has 0 atom stereocenters. The second-order valence-corrected chi connectivity index (χ2v) is 5.50. The van der Waals surface area contributed by atoms with Crippen LogP contribution in [0.25, 0.3) is 16.7 Å². The van der Waals surface area contributed by atoms with Crippen LogP contribution in [0.3, 0.4) is 0 Å². The molecular formula is C14H10Cl2N2OS. The average Bonchev–Trinajstić information content (AvgIpc) is 2.73. The smallest absolute Gasteiger partial charge is 0.182 e. The predicted octanol–water partition coefficient (Wildman–Crippen LogP) is 5.00. The van der Waals surface area contributed by atoms with Crippen LogP contribution in [0, 0.1) is 4.77 Å². The lowest BCUT2D eigenvalue weighted by Gasteiger charge is -2.10. The van der Waals surface area contributed by atoms with Gasteiger partial charge in [0.05, 0.1) is 23.8 Å². The number of hydrogen-bond acceptors (Lipinski definition) is 2. The first-order valence-electron chi connectivity index (χ1n) is 5.84. The van der Waals surface area contributed by atoms with Crippen molar-refractivity contribution in [1.29, 1.82) is 0 Å². The Kier molecular flexibility index (Phi) is 3.46. The highest BCUT2D eigenvalue weighted by molar-refractivity contribution is 7.71. The van der Waals surface area contributed by atoms with Gasteiger partial charge in [-0.1, -0.05) is 23.2 Å². The SMILES string of the molecule is COc1ccc(Cl)cc1-n1c(=S)[nH]c2cc(Cl)ccc21. The summed E-state index contributed by atoms with van der Waals surface area (Å²) in [4.78, 5) is 3.13. The number of hydrogen-bond donors (Lipinski definition) is 1. The number of ether oxygens (including phenoxy) is 1. The maximum Gasteiger partial charge on any atom is 0.182 e. The third kappa shape index (κ3) is 2.20. The van der Waals surface area contributed by atoms with Gasteiger partial charge in [0.25, 0.3) is 0 Å². The number of aromatic amines is 1. The fourth-order valence-electron chi connectivity index (χ4n) is 2.16. The molecule has 2 aromatic carbocycles. The molecule has 0 aliphatic heterocycles. The van der Waals surface area contributed by atoms with E-state index in [2.05, 4.69) is 4.98 Å². The maximum atomic E-state index is 6.09. The number of imidazole rings is 1. The lowest BCUT2D eigenvalue weighted by molar-refractivity contribution is 0.413. The largest absolute Gasteiger partial charge is 0.495 e. The Morgan fingerprint density at radius 3 is 2.55 bits per heavy atom. The number of nitrogens with zero attached hydrogens (tertiary/aromatic N) is 1. The van der Waals surface area contributed by atoms with Gasteiger partial charge in [0.15, 0.2) is 4.77 Å². The lowest BCUT2D eigenvalue weighted by Crippen LogP contribution is -1.98. The molecule has 0 amide bonds. The standard InChI is InChI=1S/C14H10Cl2N2OS/c1-19-13-5-3-9(16)7-12(13)18-11-4-2-8(15)6-10(11)17-14(18)20/h2-7H,1H3,(H,17,20). The molecule has 0 radical (unpaired) electrons. The Balaban J connectivity index is 2.37. The second kappa shape index (κ2) is 5.13. The Labute approximate surface area is 130 Å². The van der Waals surface area contributed by atoms with Gasteiger partial charge in [0.1, 0.15) is 5.75 Å². The van der Waals surface area contributed by atoms with Crippen molar-refractivity contribution in [2.45, 2.75) is 0 Å². The summed E-state index contributed by atoms with van der Waals surface area (Å²) in [6.07, 6.45) is 0. The number of benzene rings is 2. The first kappa shape index (κ1) is 13.5. The van der Waals surface area contributed by atoms with Crippen molar-refractivity contribution in [1.82, 2.24) is 9.55 Å². The molecule has 3 aromatic rings. The minimum absolute atomic E-state index is 0.558. The number of rotatable bonds is 2. The maximum absolute atomic E-state index is 6.09. The van der Waals surface area contributed by atoms with Crippen LogP contribution in [-0.2, 0) is 0 Å². The van der Waals surface area contributed by atoms with Gasteiger partial charge in [0.2, 0.25) is 0 Å². The molecular weight excluding hydrogens is 315 g/mol. The summed E-state index contributed by atoms with van der Waals surface area (Å²) in [6, 6.07) is 11.0. The van der Waals surface area contributed by atoms with Gasteiger partial charge in [0, 0.05) is 10.0 Å². The zero-order chi connectivity index (χ0) is 14.3. The van der Waals surface area contributed by atoms with E-state index in [0.29, 0.717) is 20.6 Å². The van der Waals surface area contributed by atoms with Crippen LogP contribution in [0.4, 0.5) is 0 Å². The summed E-state index contributed by atoms with van der Waals surface area (Å²) < 4.78 is 7.82. The zero-order valence-electron chi connectivity index (χ0n) is 10.5. The van der Waals surface area contributed by atoms with Gasteiger partial charge in [-0.25, -0.2) is 0 Å². The average molecular weight is 325 g/mol. The zero-order valence-corrected chi connectivity index (χ0v) is 12.8. The summed E-state index contributed by atoms with van der Waals surface area (Å²) >= 11 is 17.5. The number of methoxy groups -OCH3 is 1. The third-order valence-corrected chi connectivity index (χ3v) is 3.78. The highest BCUT2D eigenvalue weighted by Crippen LogP contribution is 2.30. The van der Waals surface area contributed by atoms with Gasteiger partial charge < -0.3 is 9.72 Å². The molecule has 3 nitrogen and oxygen atoms in total. The number of halogens is 2. The summed E-state index contributed by atoms with van der Waals surface area (Å²) in [5.41, 5.74) is 2.57. The van der Waals surface area contributed by atoms with E-state index in [1.165, 1.54) is 0 Å². The number of aromatic nitrogens is 2. The van der Waals surface area contributed by atoms with Gasteiger partial charge >= 0.3 is 0 Å². The topological polar surface area (TPSA) is 29.9 Å². The summed E-state index contributed by atoms with van der Waals surface area (Å²) in [5.74, 6) is 0.696. The van der Waals surface area contributed by atoms with E-state index in [9.17, 15) is 0 Å². The number of fused-ring (bicyclic) bond motifs is 1. The van der Waals surface area contributed by atoms with Crippen molar-refractivity contribution in [2.24, 2.45) is 0 Å². The van der Waals surface area contributed by atoms with E-state index in [-0.39, 0.29) is 0 Å². The summed E-state index contributed by atoms with van der Waals surface area (Å²) in [7, 11) is 1.61. The van der Waals surface area contributed by atoms with E-state index in [1.54, 1.807) is 13.2 Å². The molecule has 1 N–H and O–H groups in total. The highest BCUT2D eigenvalue weighted by Gasteiger charge is 2.12. The lowest BCUT2D eigenvalue weighted by atomic mass is 10.2. The molecule has 1 heterocycles. The van der Waals surface area contributed by atoms with Crippen LogP contribution in [0.2, 0.25) is 10.0 Å². The summed E-state index contributed by atoms with van der Waals surface area (Å²) in [5, 5.41) is 1.27. The Bertz CT molecular complexity index is 854. The van der Waals surface area contributed by atoms with Gasteiger partial charge in [-0.2, -0.15) is 0 Å². The van der Waals surface area contributed by atoms with Crippen molar-refractivity contribution < 1.29 is 4.74 Å². The second-order valence-electron chi connectivity index (χ2n) is 4.24. The van der Waals surface area contributed by atoms with Crippen molar-refractivity contribution in [3.8, 4) is 11.4 Å². The molecule has 102 valence electrons.